The first-order chi connectivity index (χ1) is 9.10. The van der Waals surface area contributed by atoms with Gasteiger partial charge in [-0.15, -0.1) is 10.2 Å². The van der Waals surface area contributed by atoms with Gasteiger partial charge in [0.2, 0.25) is 0 Å². The fourth-order valence-electron chi connectivity index (χ4n) is 1.40. The van der Waals surface area contributed by atoms with Crippen LogP contribution in [0.4, 0.5) is 5.69 Å². The molecule has 2 aromatic rings. The van der Waals surface area contributed by atoms with Crippen LogP contribution in [0.2, 0.25) is 0 Å². The molecule has 0 spiro atoms. The lowest BCUT2D eigenvalue weighted by Crippen LogP contribution is -2.05. The predicted molar refractivity (Wildman–Crippen MR) is 75.6 cm³/mol. The van der Waals surface area contributed by atoms with Crippen LogP contribution in [0.1, 0.15) is 22.3 Å². The summed E-state index contributed by atoms with van der Waals surface area (Å²) in [7, 11) is 0. The first kappa shape index (κ1) is 13.8. The number of hydrogen-bond acceptors (Lipinski definition) is 7. The van der Waals surface area contributed by atoms with Crippen LogP contribution in [0.3, 0.4) is 0 Å². The number of esters is 1. The van der Waals surface area contributed by atoms with Crippen LogP contribution in [0.5, 0.6) is 0 Å². The molecule has 100 valence electrons. The molecular formula is C12H13N3O2S2. The highest BCUT2D eigenvalue weighted by Crippen LogP contribution is 2.34. The van der Waals surface area contributed by atoms with Crippen molar-refractivity contribution in [2.24, 2.45) is 0 Å². The molecule has 0 aliphatic rings. The second-order valence-electron chi connectivity index (χ2n) is 3.66. The van der Waals surface area contributed by atoms with Gasteiger partial charge in [-0.3, -0.25) is 0 Å². The molecule has 5 nitrogen and oxygen atoms in total. The summed E-state index contributed by atoms with van der Waals surface area (Å²) >= 11 is 2.94. The number of nitrogens with two attached hydrogens (primary N) is 1. The fraction of sp³-hybridized carbons (Fsp3) is 0.250. The average molecular weight is 295 g/mol. The zero-order valence-corrected chi connectivity index (χ0v) is 12.2. The lowest BCUT2D eigenvalue weighted by Gasteiger charge is -2.06. The third kappa shape index (κ3) is 3.45. The van der Waals surface area contributed by atoms with Gasteiger partial charge in [-0.05, 0) is 32.0 Å². The van der Waals surface area contributed by atoms with Crippen LogP contribution in [-0.4, -0.2) is 22.8 Å². The van der Waals surface area contributed by atoms with Gasteiger partial charge in [-0.25, -0.2) is 4.79 Å². The molecule has 0 aliphatic heterocycles. The van der Waals surface area contributed by atoms with E-state index in [0.717, 1.165) is 14.2 Å². The Balaban J connectivity index is 2.17. The molecule has 0 atom stereocenters. The maximum Gasteiger partial charge on any atom is 0.338 e. The zero-order chi connectivity index (χ0) is 13.8. The Labute approximate surface area is 119 Å². The molecule has 0 fully saturated rings. The summed E-state index contributed by atoms with van der Waals surface area (Å²) in [5.41, 5.74) is 6.92. The van der Waals surface area contributed by atoms with Gasteiger partial charge in [-0.2, -0.15) is 0 Å². The number of hydrogen-bond donors (Lipinski definition) is 1. The van der Waals surface area contributed by atoms with E-state index < -0.39 is 0 Å². The third-order valence-electron chi connectivity index (χ3n) is 2.23. The Morgan fingerprint density at radius 2 is 2.26 bits per heavy atom. The molecule has 1 aromatic carbocycles. The SMILES string of the molecule is CCOC(=O)c1ccc(Sc2nnc(C)s2)c(N)c1. The average Bonchev–Trinajstić information content (AvgIpc) is 2.78. The minimum atomic E-state index is -0.363. The van der Waals surface area contributed by atoms with Crippen molar-refractivity contribution < 1.29 is 9.53 Å². The summed E-state index contributed by atoms with van der Waals surface area (Å²) in [4.78, 5) is 12.4. The van der Waals surface area contributed by atoms with Crippen molar-refractivity contribution >= 4 is 34.8 Å². The summed E-state index contributed by atoms with van der Waals surface area (Å²) < 4.78 is 5.75. The topological polar surface area (TPSA) is 78.1 Å². The van der Waals surface area contributed by atoms with Gasteiger partial charge >= 0.3 is 5.97 Å². The van der Waals surface area contributed by atoms with E-state index in [-0.39, 0.29) is 5.97 Å². The lowest BCUT2D eigenvalue weighted by atomic mass is 10.2. The van der Waals surface area contributed by atoms with E-state index in [1.54, 1.807) is 25.1 Å². The van der Waals surface area contributed by atoms with E-state index >= 15 is 0 Å². The molecule has 1 aromatic heterocycles. The highest BCUT2D eigenvalue weighted by molar-refractivity contribution is 8.01. The van der Waals surface area contributed by atoms with E-state index in [9.17, 15) is 4.79 Å². The standard InChI is InChI=1S/C12H13N3O2S2/c1-3-17-11(16)8-4-5-10(9(13)6-8)19-12-15-14-7(2)18-12/h4-6H,3,13H2,1-2H3. The monoisotopic (exact) mass is 295 g/mol. The molecule has 2 rings (SSSR count). The van der Waals surface area contributed by atoms with Crippen molar-refractivity contribution in [1.82, 2.24) is 10.2 Å². The second kappa shape index (κ2) is 6.03. The zero-order valence-electron chi connectivity index (χ0n) is 10.5. The molecule has 19 heavy (non-hydrogen) atoms. The lowest BCUT2D eigenvalue weighted by molar-refractivity contribution is 0.0526. The number of nitrogen functional groups attached to an aromatic ring is 1. The predicted octanol–water partition coefficient (Wildman–Crippen LogP) is 2.76. The van der Waals surface area contributed by atoms with Gasteiger partial charge < -0.3 is 10.5 Å². The van der Waals surface area contributed by atoms with Crippen LogP contribution in [-0.2, 0) is 4.74 Å². The molecule has 1 heterocycles. The largest absolute Gasteiger partial charge is 0.462 e. The van der Waals surface area contributed by atoms with Crippen molar-refractivity contribution in [3.05, 3.63) is 28.8 Å². The minimum absolute atomic E-state index is 0.347. The molecule has 0 saturated heterocycles. The van der Waals surface area contributed by atoms with E-state index in [0.29, 0.717) is 17.9 Å². The number of benzene rings is 1. The fourth-order valence-corrected chi connectivity index (χ4v) is 3.19. The van der Waals surface area contributed by atoms with Crippen LogP contribution < -0.4 is 5.73 Å². The van der Waals surface area contributed by atoms with Crippen molar-refractivity contribution in [2.45, 2.75) is 23.1 Å². The third-order valence-corrected chi connectivity index (χ3v) is 4.21. The van der Waals surface area contributed by atoms with E-state index in [1.165, 1.54) is 23.1 Å². The summed E-state index contributed by atoms with van der Waals surface area (Å²) in [6.45, 7) is 4.01. The molecule has 0 aliphatic carbocycles. The maximum atomic E-state index is 11.6. The van der Waals surface area contributed by atoms with Gasteiger partial charge in [0.25, 0.3) is 0 Å². The maximum absolute atomic E-state index is 11.6. The van der Waals surface area contributed by atoms with Crippen molar-refractivity contribution in [3.63, 3.8) is 0 Å². The number of aromatic nitrogens is 2. The summed E-state index contributed by atoms with van der Waals surface area (Å²) in [5, 5.41) is 8.88. The number of aryl methyl sites for hydroxylation is 1. The summed E-state index contributed by atoms with van der Waals surface area (Å²) in [5.74, 6) is -0.363. The molecule has 2 N–H and O–H groups in total. The number of rotatable bonds is 4. The van der Waals surface area contributed by atoms with Crippen LogP contribution in [0.15, 0.2) is 27.4 Å². The van der Waals surface area contributed by atoms with Crippen LogP contribution >= 0.6 is 23.1 Å². The molecular weight excluding hydrogens is 282 g/mol. The highest BCUT2D eigenvalue weighted by atomic mass is 32.2. The second-order valence-corrected chi connectivity index (χ2v) is 6.13. The number of nitrogens with zero attached hydrogens (tertiary/aromatic N) is 2. The minimum Gasteiger partial charge on any atom is -0.462 e. The van der Waals surface area contributed by atoms with E-state index in [1.807, 2.05) is 6.92 Å². The number of carbonyl (C=O) groups is 1. The van der Waals surface area contributed by atoms with Crippen LogP contribution in [0, 0.1) is 6.92 Å². The van der Waals surface area contributed by atoms with E-state index in [4.69, 9.17) is 10.5 Å². The molecule has 0 bridgehead atoms. The molecule has 0 amide bonds. The molecule has 0 saturated carbocycles. The van der Waals surface area contributed by atoms with Crippen molar-refractivity contribution in [1.29, 1.82) is 0 Å². The summed E-state index contributed by atoms with van der Waals surface area (Å²) in [6, 6.07) is 5.11. The summed E-state index contributed by atoms with van der Waals surface area (Å²) in [6.07, 6.45) is 0. The van der Waals surface area contributed by atoms with Gasteiger partial charge in [0, 0.05) is 10.6 Å². The molecule has 7 heteroatoms. The number of ether oxygens (including phenoxy) is 1. The van der Waals surface area contributed by atoms with Gasteiger partial charge in [0.1, 0.15) is 5.01 Å². The number of anilines is 1. The Bertz CT molecular complexity index is 598. The van der Waals surface area contributed by atoms with Crippen LogP contribution in [0.25, 0.3) is 0 Å². The van der Waals surface area contributed by atoms with Crippen molar-refractivity contribution in [2.75, 3.05) is 12.3 Å². The normalized spacial score (nSPS) is 10.4. The molecule has 0 unspecified atom stereocenters. The highest BCUT2D eigenvalue weighted by Gasteiger charge is 2.11. The first-order valence-electron chi connectivity index (χ1n) is 5.64. The Morgan fingerprint density at radius 1 is 1.47 bits per heavy atom. The number of carbonyl (C=O) groups excluding carboxylic acids is 1. The molecule has 0 radical (unpaired) electrons. The van der Waals surface area contributed by atoms with E-state index in [2.05, 4.69) is 10.2 Å². The Kier molecular flexibility index (Phi) is 4.39. The van der Waals surface area contributed by atoms with Gasteiger partial charge in [-0.1, -0.05) is 23.1 Å². The van der Waals surface area contributed by atoms with Gasteiger partial charge in [0.15, 0.2) is 4.34 Å². The van der Waals surface area contributed by atoms with Gasteiger partial charge in [0.05, 0.1) is 12.2 Å². The smallest absolute Gasteiger partial charge is 0.338 e. The Hall–Kier alpha value is -1.60. The van der Waals surface area contributed by atoms with Crippen molar-refractivity contribution in [3.8, 4) is 0 Å². The Morgan fingerprint density at radius 3 is 2.84 bits per heavy atom. The first-order valence-corrected chi connectivity index (χ1v) is 7.28. The quantitative estimate of drug-likeness (QED) is 0.690.